The highest BCUT2D eigenvalue weighted by molar-refractivity contribution is 5.96. The molecule has 25 heavy (non-hydrogen) atoms. The molecule has 0 radical (unpaired) electrons. The Balaban J connectivity index is 1.87. The third-order valence-corrected chi connectivity index (χ3v) is 5.10. The second-order valence-electron chi connectivity index (χ2n) is 6.75. The quantitative estimate of drug-likeness (QED) is 0.903. The largest absolute Gasteiger partial charge is 0.480 e. The van der Waals surface area contributed by atoms with Crippen molar-refractivity contribution in [2.24, 2.45) is 5.92 Å². The number of carboxylic acids is 1. The highest BCUT2D eigenvalue weighted by Crippen LogP contribution is 2.29. The average molecular weight is 341 g/mol. The first kappa shape index (κ1) is 17.3. The van der Waals surface area contributed by atoms with Crippen LogP contribution in [0.25, 0.3) is 10.9 Å². The van der Waals surface area contributed by atoms with Gasteiger partial charge in [0.2, 0.25) is 0 Å². The van der Waals surface area contributed by atoms with Gasteiger partial charge >= 0.3 is 5.97 Å². The van der Waals surface area contributed by atoms with Crippen molar-refractivity contribution in [1.29, 1.82) is 0 Å². The van der Waals surface area contributed by atoms with Gasteiger partial charge in [0.1, 0.15) is 6.54 Å². The molecule has 3 rings (SSSR count). The van der Waals surface area contributed by atoms with E-state index in [1.165, 1.54) is 11.3 Å². The Morgan fingerprint density at radius 2 is 1.92 bits per heavy atom. The molecular weight excluding hydrogens is 318 g/mol. The lowest BCUT2D eigenvalue weighted by Crippen LogP contribution is -2.46. The van der Waals surface area contributed by atoms with Crippen LogP contribution in [0, 0.1) is 5.92 Å². The van der Waals surface area contributed by atoms with Crippen LogP contribution in [0.3, 0.4) is 0 Å². The van der Waals surface area contributed by atoms with Crippen LogP contribution in [-0.4, -0.2) is 44.7 Å². The smallest absolute Gasteiger partial charge is 0.323 e. The summed E-state index contributed by atoms with van der Waals surface area (Å²) in [6.07, 6.45) is 5.56. The lowest BCUT2D eigenvalue weighted by molar-refractivity contribution is -0.138. The van der Waals surface area contributed by atoms with Crippen molar-refractivity contribution < 1.29 is 14.7 Å². The van der Waals surface area contributed by atoms with Crippen LogP contribution in [0.1, 0.15) is 49.5 Å². The molecule has 0 bridgehead atoms. The molecule has 1 aliphatic rings. The van der Waals surface area contributed by atoms with Gasteiger partial charge in [-0.1, -0.05) is 37.5 Å². The number of carbonyl (C=O) groups excluding carboxylic acids is 1. The highest BCUT2D eigenvalue weighted by Gasteiger charge is 2.31. The number of carboxylic acid groups (broad SMARTS) is 1. The topological polar surface area (TPSA) is 83.4 Å². The summed E-state index contributed by atoms with van der Waals surface area (Å²) < 4.78 is 0. The zero-order valence-electron chi connectivity index (χ0n) is 14.4. The van der Waals surface area contributed by atoms with Gasteiger partial charge in [0.15, 0.2) is 5.69 Å². The molecule has 1 aromatic carbocycles. The van der Waals surface area contributed by atoms with Crippen LogP contribution in [0.4, 0.5) is 0 Å². The van der Waals surface area contributed by atoms with Gasteiger partial charge in [-0.05, 0) is 37.8 Å². The fourth-order valence-corrected chi connectivity index (χ4v) is 3.65. The number of carbonyl (C=O) groups is 2. The minimum atomic E-state index is -1.01. The molecule has 1 N–H and O–H groups in total. The SMILES string of the molecule is CC(C1CCCCC1)N(CC(=O)O)C(=O)c1cc2ccccc2nn1. The molecule has 0 aliphatic heterocycles. The van der Waals surface area contributed by atoms with E-state index in [2.05, 4.69) is 10.2 Å². The Morgan fingerprint density at radius 3 is 2.64 bits per heavy atom. The maximum atomic E-state index is 13.0. The van der Waals surface area contributed by atoms with Gasteiger partial charge in [-0.25, -0.2) is 0 Å². The molecule has 1 atom stereocenters. The van der Waals surface area contributed by atoms with Crippen molar-refractivity contribution >= 4 is 22.8 Å². The summed E-state index contributed by atoms with van der Waals surface area (Å²) >= 11 is 0. The van der Waals surface area contributed by atoms with Gasteiger partial charge in [0.25, 0.3) is 5.91 Å². The van der Waals surface area contributed by atoms with Crippen molar-refractivity contribution in [3.63, 3.8) is 0 Å². The summed E-state index contributed by atoms with van der Waals surface area (Å²) in [6, 6.07) is 8.99. The van der Waals surface area contributed by atoms with Gasteiger partial charge in [-0.15, -0.1) is 10.2 Å². The first-order valence-electron chi connectivity index (χ1n) is 8.81. The van der Waals surface area contributed by atoms with E-state index in [-0.39, 0.29) is 24.2 Å². The molecule has 132 valence electrons. The number of hydrogen-bond donors (Lipinski definition) is 1. The monoisotopic (exact) mass is 341 g/mol. The number of rotatable bonds is 5. The Morgan fingerprint density at radius 1 is 1.20 bits per heavy atom. The van der Waals surface area contributed by atoms with Crippen molar-refractivity contribution in [3.8, 4) is 0 Å². The molecule has 1 amide bonds. The number of aliphatic carboxylic acids is 1. The lowest BCUT2D eigenvalue weighted by atomic mass is 9.84. The molecule has 1 aliphatic carbocycles. The summed E-state index contributed by atoms with van der Waals surface area (Å²) in [7, 11) is 0. The Kier molecular flexibility index (Phi) is 5.26. The Labute approximate surface area is 146 Å². The maximum Gasteiger partial charge on any atom is 0.323 e. The number of nitrogens with zero attached hydrogens (tertiary/aromatic N) is 3. The van der Waals surface area contributed by atoms with Gasteiger partial charge in [0, 0.05) is 11.4 Å². The minimum absolute atomic E-state index is 0.128. The first-order chi connectivity index (χ1) is 12.1. The van der Waals surface area contributed by atoms with E-state index in [0.717, 1.165) is 31.1 Å². The number of hydrogen-bond acceptors (Lipinski definition) is 4. The summed E-state index contributed by atoms with van der Waals surface area (Å²) in [6.45, 7) is 1.64. The van der Waals surface area contributed by atoms with Gasteiger partial charge < -0.3 is 10.0 Å². The number of aromatic nitrogens is 2. The van der Waals surface area contributed by atoms with Gasteiger partial charge in [0.05, 0.1) is 5.52 Å². The van der Waals surface area contributed by atoms with E-state index in [1.807, 2.05) is 31.2 Å². The van der Waals surface area contributed by atoms with E-state index in [0.29, 0.717) is 11.4 Å². The fraction of sp³-hybridized carbons (Fsp3) is 0.474. The Bertz CT molecular complexity index is 771. The zero-order valence-corrected chi connectivity index (χ0v) is 14.4. The predicted molar refractivity (Wildman–Crippen MR) is 94.2 cm³/mol. The molecular formula is C19H23N3O3. The first-order valence-corrected chi connectivity index (χ1v) is 8.81. The van der Waals surface area contributed by atoms with Crippen LogP contribution in [-0.2, 0) is 4.79 Å². The molecule has 6 nitrogen and oxygen atoms in total. The van der Waals surface area contributed by atoms with Crippen LogP contribution < -0.4 is 0 Å². The summed E-state index contributed by atoms with van der Waals surface area (Å²) in [5.41, 5.74) is 0.909. The summed E-state index contributed by atoms with van der Waals surface area (Å²) in [4.78, 5) is 25.7. The van der Waals surface area contributed by atoms with Crippen molar-refractivity contribution in [2.75, 3.05) is 6.54 Å². The molecule has 0 saturated heterocycles. The van der Waals surface area contributed by atoms with E-state index in [9.17, 15) is 14.7 Å². The molecule has 1 fully saturated rings. The number of benzene rings is 1. The molecule has 6 heteroatoms. The lowest BCUT2D eigenvalue weighted by Gasteiger charge is -2.35. The second-order valence-corrected chi connectivity index (χ2v) is 6.75. The van der Waals surface area contributed by atoms with Crippen LogP contribution >= 0.6 is 0 Å². The maximum absolute atomic E-state index is 13.0. The third-order valence-electron chi connectivity index (χ3n) is 5.10. The van der Waals surface area contributed by atoms with Gasteiger partial charge in [-0.2, -0.15) is 0 Å². The van der Waals surface area contributed by atoms with Crippen molar-refractivity contribution in [3.05, 3.63) is 36.0 Å². The molecule has 2 aromatic rings. The predicted octanol–water partition coefficient (Wildman–Crippen LogP) is 3.13. The van der Waals surface area contributed by atoms with E-state index in [4.69, 9.17) is 0 Å². The van der Waals surface area contributed by atoms with Crippen molar-refractivity contribution in [2.45, 2.75) is 45.1 Å². The minimum Gasteiger partial charge on any atom is -0.480 e. The third kappa shape index (κ3) is 3.95. The van der Waals surface area contributed by atoms with E-state index in [1.54, 1.807) is 6.07 Å². The van der Waals surface area contributed by atoms with E-state index >= 15 is 0 Å². The second kappa shape index (κ2) is 7.59. The molecule has 1 aromatic heterocycles. The summed E-state index contributed by atoms with van der Waals surface area (Å²) in [5.74, 6) is -1.03. The fourth-order valence-electron chi connectivity index (χ4n) is 3.65. The molecule has 0 spiro atoms. The summed E-state index contributed by atoms with van der Waals surface area (Å²) in [5, 5.41) is 18.2. The normalized spacial score (nSPS) is 16.5. The standard InChI is InChI=1S/C19H23N3O3/c1-13(14-7-3-2-4-8-14)22(12-18(23)24)19(25)17-11-15-9-5-6-10-16(15)20-21-17/h5-6,9-11,13-14H,2-4,7-8,12H2,1H3,(H,23,24). The number of amides is 1. The van der Waals surface area contributed by atoms with Crippen molar-refractivity contribution in [1.82, 2.24) is 15.1 Å². The Hall–Kier alpha value is -2.50. The molecule has 1 heterocycles. The number of fused-ring (bicyclic) bond motifs is 1. The van der Waals surface area contributed by atoms with Crippen LogP contribution in [0.5, 0.6) is 0 Å². The highest BCUT2D eigenvalue weighted by atomic mass is 16.4. The van der Waals surface area contributed by atoms with Crippen LogP contribution in [0.15, 0.2) is 30.3 Å². The zero-order chi connectivity index (χ0) is 17.8. The molecule has 1 unspecified atom stereocenters. The van der Waals surface area contributed by atoms with E-state index < -0.39 is 5.97 Å². The van der Waals surface area contributed by atoms with Crippen LogP contribution in [0.2, 0.25) is 0 Å². The van der Waals surface area contributed by atoms with Gasteiger partial charge in [-0.3, -0.25) is 9.59 Å². The average Bonchev–Trinajstić information content (AvgIpc) is 2.65. The molecule has 1 saturated carbocycles.